The summed E-state index contributed by atoms with van der Waals surface area (Å²) in [7, 11) is 0. The average Bonchev–Trinajstić information content (AvgIpc) is 2.49. The third-order valence-electron chi connectivity index (χ3n) is 3.37. The van der Waals surface area contributed by atoms with Gasteiger partial charge in [-0.05, 0) is 41.9 Å². The van der Waals surface area contributed by atoms with Gasteiger partial charge in [0.2, 0.25) is 11.8 Å². The van der Waals surface area contributed by atoms with E-state index < -0.39 is 17.2 Å². The first-order valence-electron chi connectivity index (χ1n) is 6.45. The Morgan fingerprint density at radius 1 is 1.33 bits per heavy atom. The van der Waals surface area contributed by atoms with Crippen molar-refractivity contribution >= 4 is 27.7 Å². The summed E-state index contributed by atoms with van der Waals surface area (Å²) in [5, 5.41) is 2.60. The van der Waals surface area contributed by atoms with E-state index in [2.05, 4.69) is 21.2 Å². The molecule has 0 spiro atoms. The van der Waals surface area contributed by atoms with Crippen LogP contribution in [0.5, 0.6) is 0 Å². The Hall–Kier alpha value is -1.50. The lowest BCUT2D eigenvalue weighted by molar-refractivity contribution is -0.137. The predicted molar refractivity (Wildman–Crippen MR) is 76.3 cm³/mol. The molecule has 0 aliphatic carbocycles. The number of carbonyl (C=O) groups is 2. The van der Waals surface area contributed by atoms with Gasteiger partial charge in [-0.1, -0.05) is 0 Å². The molecule has 1 N–H and O–H groups in total. The third kappa shape index (κ3) is 3.23. The molecule has 1 aliphatic rings. The highest BCUT2D eigenvalue weighted by Crippen LogP contribution is 2.24. The fraction of sp³-hybridized carbons (Fsp3) is 0.429. The van der Waals surface area contributed by atoms with Crippen LogP contribution in [-0.4, -0.2) is 28.8 Å². The lowest BCUT2D eigenvalue weighted by Gasteiger charge is -2.29. The normalized spacial score (nSPS) is 18.4. The molecule has 0 atom stereocenters. The minimum Gasteiger partial charge on any atom is -0.342 e. The summed E-state index contributed by atoms with van der Waals surface area (Å²) >= 11 is 3.00. The molecule has 114 valence electrons. The quantitative estimate of drug-likeness (QED) is 0.823. The Kier molecular flexibility index (Phi) is 4.32. The Morgan fingerprint density at radius 3 is 2.67 bits per heavy atom. The zero-order valence-electron chi connectivity index (χ0n) is 11.7. The van der Waals surface area contributed by atoms with Crippen molar-refractivity contribution in [2.24, 2.45) is 0 Å². The maximum atomic E-state index is 14.0. The summed E-state index contributed by atoms with van der Waals surface area (Å²) in [6, 6.07) is 2.41. The Morgan fingerprint density at radius 2 is 2.00 bits per heavy atom. The van der Waals surface area contributed by atoms with Crippen molar-refractivity contribution in [3.8, 4) is 0 Å². The van der Waals surface area contributed by atoms with Crippen molar-refractivity contribution in [3.05, 3.63) is 33.8 Å². The van der Waals surface area contributed by atoms with Crippen LogP contribution in [0.4, 0.5) is 8.78 Å². The molecule has 2 rings (SSSR count). The smallest absolute Gasteiger partial charge is 0.248 e. The number of nitrogens with one attached hydrogen (secondary N) is 1. The molecule has 0 unspecified atom stereocenters. The molecule has 1 heterocycles. The number of amides is 2. The fourth-order valence-corrected chi connectivity index (χ4v) is 2.63. The van der Waals surface area contributed by atoms with E-state index in [1.54, 1.807) is 13.8 Å². The predicted octanol–water partition coefficient (Wildman–Crippen LogP) is 2.35. The van der Waals surface area contributed by atoms with Gasteiger partial charge < -0.3 is 10.2 Å². The van der Waals surface area contributed by atoms with Crippen LogP contribution in [0.2, 0.25) is 0 Å². The second-order valence-electron chi connectivity index (χ2n) is 5.47. The number of benzene rings is 1. The highest BCUT2D eigenvalue weighted by Gasteiger charge is 2.37. The van der Waals surface area contributed by atoms with E-state index in [0.717, 1.165) is 6.07 Å². The van der Waals surface area contributed by atoms with Crippen molar-refractivity contribution in [2.45, 2.75) is 32.4 Å². The van der Waals surface area contributed by atoms with Crippen molar-refractivity contribution in [3.63, 3.8) is 0 Å². The molecule has 0 saturated carbocycles. The van der Waals surface area contributed by atoms with Crippen LogP contribution in [0.25, 0.3) is 0 Å². The van der Waals surface area contributed by atoms with Crippen molar-refractivity contribution in [1.82, 2.24) is 10.2 Å². The maximum absolute atomic E-state index is 14.0. The second kappa shape index (κ2) is 5.71. The number of halogens is 3. The van der Waals surface area contributed by atoms with Crippen LogP contribution in [0, 0.1) is 11.6 Å². The molecule has 7 heteroatoms. The summed E-state index contributed by atoms with van der Waals surface area (Å²) in [5.74, 6) is -2.08. The summed E-state index contributed by atoms with van der Waals surface area (Å²) in [6.45, 7) is 3.05. The number of nitrogens with zero attached hydrogens (tertiary/aromatic N) is 1. The van der Waals surface area contributed by atoms with Crippen molar-refractivity contribution in [1.29, 1.82) is 0 Å². The SMILES string of the molecule is CC1(C)NC(=O)CCN(Cc2c(F)ccc(Br)c2F)C1=O. The molecule has 0 radical (unpaired) electrons. The molecular weight excluding hydrogens is 346 g/mol. The average molecular weight is 361 g/mol. The highest BCUT2D eigenvalue weighted by atomic mass is 79.9. The van der Waals surface area contributed by atoms with E-state index >= 15 is 0 Å². The van der Waals surface area contributed by atoms with E-state index in [1.807, 2.05) is 0 Å². The van der Waals surface area contributed by atoms with Crippen molar-refractivity contribution in [2.75, 3.05) is 6.54 Å². The third-order valence-corrected chi connectivity index (χ3v) is 3.98. The molecule has 0 aromatic heterocycles. The standard InChI is InChI=1S/C14H15BrF2N2O2/c1-14(2)13(21)19(6-5-11(20)18-14)7-8-10(16)4-3-9(15)12(8)17/h3-4H,5-7H2,1-2H3,(H,18,20). The number of rotatable bonds is 2. The van der Waals surface area contributed by atoms with Crippen LogP contribution >= 0.6 is 15.9 Å². The van der Waals surface area contributed by atoms with Gasteiger partial charge >= 0.3 is 0 Å². The molecular formula is C14H15BrF2N2O2. The Balaban J connectivity index is 2.32. The van der Waals surface area contributed by atoms with Crippen LogP contribution in [-0.2, 0) is 16.1 Å². The summed E-state index contributed by atoms with van der Waals surface area (Å²) < 4.78 is 27.9. The number of hydrogen-bond acceptors (Lipinski definition) is 2. The maximum Gasteiger partial charge on any atom is 0.248 e. The van der Waals surface area contributed by atoms with E-state index in [-0.39, 0.29) is 41.4 Å². The van der Waals surface area contributed by atoms with Gasteiger partial charge in [-0.3, -0.25) is 9.59 Å². The number of hydrogen-bond donors (Lipinski definition) is 1. The van der Waals surface area contributed by atoms with E-state index in [4.69, 9.17) is 0 Å². The molecule has 1 saturated heterocycles. The van der Waals surface area contributed by atoms with E-state index in [0.29, 0.717) is 0 Å². The van der Waals surface area contributed by atoms with Gasteiger partial charge in [0.25, 0.3) is 0 Å². The van der Waals surface area contributed by atoms with Crippen LogP contribution in [0.3, 0.4) is 0 Å². The molecule has 1 aromatic carbocycles. The molecule has 1 aromatic rings. The second-order valence-corrected chi connectivity index (χ2v) is 6.33. The first-order chi connectivity index (χ1) is 9.72. The highest BCUT2D eigenvalue weighted by molar-refractivity contribution is 9.10. The Labute approximate surface area is 129 Å². The summed E-state index contributed by atoms with van der Waals surface area (Å²) in [4.78, 5) is 25.3. The first kappa shape index (κ1) is 15.9. The fourth-order valence-electron chi connectivity index (χ4n) is 2.25. The van der Waals surface area contributed by atoms with Gasteiger partial charge in [0.05, 0.1) is 11.0 Å². The largest absolute Gasteiger partial charge is 0.342 e. The molecule has 4 nitrogen and oxygen atoms in total. The Bertz CT molecular complexity index is 605. The lowest BCUT2D eigenvalue weighted by atomic mass is 10.0. The molecule has 0 bridgehead atoms. The van der Waals surface area contributed by atoms with Gasteiger partial charge in [-0.25, -0.2) is 8.78 Å². The van der Waals surface area contributed by atoms with E-state index in [1.165, 1.54) is 11.0 Å². The molecule has 1 aliphatic heterocycles. The lowest BCUT2D eigenvalue weighted by Crippen LogP contribution is -2.52. The van der Waals surface area contributed by atoms with Crippen LogP contribution in [0.15, 0.2) is 16.6 Å². The summed E-state index contributed by atoms with van der Waals surface area (Å²) in [5.41, 5.74) is -1.28. The first-order valence-corrected chi connectivity index (χ1v) is 7.24. The molecule has 1 fully saturated rings. The minimum absolute atomic E-state index is 0.104. The van der Waals surface area contributed by atoms with Gasteiger partial charge in [0, 0.05) is 18.5 Å². The van der Waals surface area contributed by atoms with Gasteiger partial charge in [0.1, 0.15) is 17.2 Å². The monoisotopic (exact) mass is 360 g/mol. The molecule has 21 heavy (non-hydrogen) atoms. The zero-order valence-corrected chi connectivity index (χ0v) is 13.3. The van der Waals surface area contributed by atoms with E-state index in [9.17, 15) is 18.4 Å². The minimum atomic E-state index is -1.09. The van der Waals surface area contributed by atoms with Gasteiger partial charge in [-0.15, -0.1) is 0 Å². The van der Waals surface area contributed by atoms with Crippen LogP contribution < -0.4 is 5.32 Å². The van der Waals surface area contributed by atoms with Crippen LogP contribution in [0.1, 0.15) is 25.8 Å². The van der Waals surface area contributed by atoms with Gasteiger partial charge in [-0.2, -0.15) is 0 Å². The van der Waals surface area contributed by atoms with Crippen molar-refractivity contribution < 1.29 is 18.4 Å². The number of carbonyl (C=O) groups excluding carboxylic acids is 2. The summed E-state index contributed by atoms with van der Waals surface area (Å²) in [6.07, 6.45) is 0.104. The van der Waals surface area contributed by atoms with Gasteiger partial charge in [0.15, 0.2) is 0 Å². The molecule has 2 amide bonds. The topological polar surface area (TPSA) is 49.4 Å². The zero-order chi connectivity index (χ0) is 15.8.